The molecular weight excluding hydrogens is 542 g/mol. The van der Waals surface area contributed by atoms with E-state index in [0.29, 0.717) is 27.1 Å². The van der Waals surface area contributed by atoms with Crippen molar-refractivity contribution in [2.24, 2.45) is 0 Å². The lowest BCUT2D eigenvalue weighted by atomic mass is 10.1. The van der Waals surface area contributed by atoms with Gasteiger partial charge in [0.2, 0.25) is 0 Å². The van der Waals surface area contributed by atoms with Crippen molar-refractivity contribution in [2.45, 2.75) is 6.61 Å². The van der Waals surface area contributed by atoms with E-state index in [1.165, 1.54) is 37.5 Å². The number of carbonyl (C=O) groups excluding carboxylic acids is 2. The predicted molar refractivity (Wildman–Crippen MR) is 134 cm³/mol. The lowest BCUT2D eigenvalue weighted by Gasteiger charge is -2.29. The largest absolute Gasteiger partial charge is 0.493 e. The molecule has 4 rings (SSSR count). The van der Waals surface area contributed by atoms with Gasteiger partial charge in [0.05, 0.1) is 12.8 Å². The van der Waals surface area contributed by atoms with Crippen molar-refractivity contribution in [3.05, 3.63) is 93.5 Å². The molecule has 0 radical (unpaired) electrons. The van der Waals surface area contributed by atoms with E-state index in [-0.39, 0.29) is 23.0 Å². The van der Waals surface area contributed by atoms with Gasteiger partial charge in [-0.1, -0.05) is 46.3 Å². The number of halogens is 3. The van der Waals surface area contributed by atoms with Crippen LogP contribution in [0.4, 0.5) is 14.5 Å². The number of hydrogen-bond acceptors (Lipinski definition) is 5. The van der Waals surface area contributed by atoms with Crippen LogP contribution in [0.5, 0.6) is 11.5 Å². The van der Waals surface area contributed by atoms with E-state index < -0.39 is 23.4 Å². The Morgan fingerprint density at radius 1 is 1.03 bits per heavy atom. The second-order valence-electron chi connectivity index (χ2n) is 7.31. The monoisotopic (exact) mass is 558 g/mol. The first-order valence-corrected chi connectivity index (χ1v) is 11.4. The van der Waals surface area contributed by atoms with Crippen LogP contribution in [0.2, 0.25) is 0 Å². The number of hydrogen-bond donors (Lipinski definition) is 1. The summed E-state index contributed by atoms with van der Waals surface area (Å²) < 4.78 is 39.9. The summed E-state index contributed by atoms with van der Waals surface area (Å²) in [4.78, 5) is 26.7. The zero-order valence-corrected chi connectivity index (χ0v) is 20.6. The van der Waals surface area contributed by atoms with Crippen LogP contribution in [0.1, 0.15) is 11.1 Å². The maximum Gasteiger partial charge on any atom is 0.270 e. The molecule has 3 aromatic carbocycles. The smallest absolute Gasteiger partial charge is 0.270 e. The van der Waals surface area contributed by atoms with E-state index in [2.05, 4.69) is 21.2 Å². The van der Waals surface area contributed by atoms with Gasteiger partial charge in [-0.05, 0) is 54.2 Å². The average molecular weight is 559 g/mol. The van der Waals surface area contributed by atoms with Crippen LogP contribution < -0.4 is 19.7 Å². The number of amides is 2. The summed E-state index contributed by atoms with van der Waals surface area (Å²) in [7, 11) is 1.42. The minimum atomic E-state index is -0.783. The topological polar surface area (TPSA) is 67.9 Å². The van der Waals surface area contributed by atoms with E-state index in [9.17, 15) is 18.4 Å². The summed E-state index contributed by atoms with van der Waals surface area (Å²) in [6.45, 7) is -0.0359. The van der Waals surface area contributed by atoms with E-state index in [0.717, 1.165) is 4.90 Å². The Kier molecular flexibility index (Phi) is 7.23. The van der Waals surface area contributed by atoms with Crippen molar-refractivity contribution < 1.29 is 27.8 Å². The third-order valence-electron chi connectivity index (χ3n) is 5.12. The Morgan fingerprint density at radius 3 is 2.40 bits per heavy atom. The van der Waals surface area contributed by atoms with Crippen molar-refractivity contribution in [3.8, 4) is 11.5 Å². The Morgan fingerprint density at radius 2 is 1.71 bits per heavy atom. The van der Waals surface area contributed by atoms with Crippen LogP contribution in [0.3, 0.4) is 0 Å². The first-order chi connectivity index (χ1) is 16.8. The summed E-state index contributed by atoms with van der Waals surface area (Å²) >= 11 is 8.51. The molecule has 178 valence electrons. The third kappa shape index (κ3) is 5.08. The molecule has 0 atom stereocenters. The standard InChI is InChI=1S/C25H17BrF2N2O4S/c1-33-21-11-15(17(26)12-22(21)34-13-14-6-2-3-7-18(14)27)10-16-23(31)29-25(35)30(24(16)32)20-9-5-4-8-19(20)28/h2-12H,13H2,1H3,(H,29,31,35)/b16-10+. The maximum absolute atomic E-state index is 14.4. The summed E-state index contributed by atoms with van der Waals surface area (Å²) in [5.74, 6) is -1.96. The van der Waals surface area contributed by atoms with E-state index in [1.807, 2.05) is 0 Å². The Balaban J connectivity index is 1.66. The molecular formula is C25H17BrF2N2O4S. The fourth-order valence-corrected chi connectivity index (χ4v) is 4.08. The van der Waals surface area contributed by atoms with Gasteiger partial charge < -0.3 is 9.47 Å². The van der Waals surface area contributed by atoms with E-state index >= 15 is 0 Å². The Bertz CT molecular complexity index is 1380. The lowest BCUT2D eigenvalue weighted by molar-refractivity contribution is -0.122. The van der Waals surface area contributed by atoms with E-state index in [4.69, 9.17) is 21.7 Å². The molecule has 10 heteroatoms. The van der Waals surface area contributed by atoms with Crippen LogP contribution in [-0.4, -0.2) is 24.0 Å². The third-order valence-corrected chi connectivity index (χ3v) is 6.09. The lowest BCUT2D eigenvalue weighted by Crippen LogP contribution is -2.54. The first kappa shape index (κ1) is 24.5. The number of anilines is 1. The number of carbonyl (C=O) groups is 2. The summed E-state index contributed by atoms with van der Waals surface area (Å²) in [6.07, 6.45) is 1.33. The van der Waals surface area contributed by atoms with Crippen molar-refractivity contribution in [2.75, 3.05) is 12.0 Å². The van der Waals surface area contributed by atoms with Crippen LogP contribution in [0.15, 0.2) is 70.7 Å². The van der Waals surface area contributed by atoms with Gasteiger partial charge in [-0.25, -0.2) is 13.7 Å². The van der Waals surface area contributed by atoms with Crippen LogP contribution >= 0.6 is 28.1 Å². The zero-order chi connectivity index (χ0) is 25.1. The van der Waals surface area contributed by atoms with Crippen LogP contribution in [0.25, 0.3) is 6.08 Å². The highest BCUT2D eigenvalue weighted by atomic mass is 79.9. The first-order valence-electron chi connectivity index (χ1n) is 10.2. The molecule has 0 aliphatic carbocycles. The number of methoxy groups -OCH3 is 1. The molecule has 0 aromatic heterocycles. The molecule has 1 fully saturated rings. The molecule has 0 saturated carbocycles. The summed E-state index contributed by atoms with van der Waals surface area (Å²) in [6, 6.07) is 15.0. The molecule has 2 amide bonds. The SMILES string of the molecule is COc1cc(/C=C2\C(=O)NC(=S)N(c3ccccc3F)C2=O)c(Br)cc1OCc1ccccc1F. The molecule has 0 unspecified atom stereocenters. The van der Waals surface area contributed by atoms with Gasteiger partial charge in [0.15, 0.2) is 16.6 Å². The predicted octanol–water partition coefficient (Wildman–Crippen LogP) is 5.15. The van der Waals surface area contributed by atoms with Gasteiger partial charge in [0.1, 0.15) is 23.8 Å². The average Bonchev–Trinajstić information content (AvgIpc) is 2.83. The molecule has 1 aliphatic rings. The number of benzene rings is 3. The van der Waals surface area contributed by atoms with Crippen molar-refractivity contribution >= 4 is 56.8 Å². The number of nitrogens with one attached hydrogen (secondary N) is 1. The Hall–Kier alpha value is -3.63. The van der Waals surface area contributed by atoms with E-state index in [1.54, 1.807) is 36.4 Å². The van der Waals surface area contributed by atoms with Gasteiger partial charge in [0, 0.05) is 10.0 Å². The highest BCUT2D eigenvalue weighted by Crippen LogP contribution is 2.36. The van der Waals surface area contributed by atoms with Gasteiger partial charge >= 0.3 is 0 Å². The summed E-state index contributed by atoms with van der Waals surface area (Å²) in [5, 5.41) is 2.19. The van der Waals surface area contributed by atoms with Crippen LogP contribution in [-0.2, 0) is 16.2 Å². The van der Waals surface area contributed by atoms with Crippen molar-refractivity contribution in [1.29, 1.82) is 0 Å². The van der Waals surface area contributed by atoms with Gasteiger partial charge in [-0.3, -0.25) is 14.9 Å². The highest BCUT2D eigenvalue weighted by molar-refractivity contribution is 9.10. The highest BCUT2D eigenvalue weighted by Gasteiger charge is 2.35. The van der Waals surface area contributed by atoms with Gasteiger partial charge in [0.25, 0.3) is 11.8 Å². The molecule has 35 heavy (non-hydrogen) atoms. The molecule has 1 heterocycles. The fraction of sp³-hybridized carbons (Fsp3) is 0.0800. The fourth-order valence-electron chi connectivity index (χ4n) is 3.37. The Labute approximate surface area is 213 Å². The molecule has 1 N–H and O–H groups in total. The van der Waals surface area contributed by atoms with Crippen molar-refractivity contribution in [3.63, 3.8) is 0 Å². The zero-order valence-electron chi connectivity index (χ0n) is 18.2. The molecule has 0 bridgehead atoms. The second-order valence-corrected chi connectivity index (χ2v) is 8.55. The minimum absolute atomic E-state index is 0.0359. The second kappa shape index (κ2) is 10.3. The van der Waals surface area contributed by atoms with Crippen LogP contribution in [0, 0.1) is 11.6 Å². The van der Waals surface area contributed by atoms with Gasteiger partial charge in [-0.2, -0.15) is 0 Å². The molecule has 1 aliphatic heterocycles. The number of thiocarbonyl (C=S) groups is 1. The number of rotatable bonds is 6. The quantitative estimate of drug-likeness (QED) is 0.257. The maximum atomic E-state index is 14.4. The molecule has 0 spiro atoms. The molecule has 1 saturated heterocycles. The summed E-state index contributed by atoms with van der Waals surface area (Å²) in [5.41, 5.74) is 0.442. The molecule has 6 nitrogen and oxygen atoms in total. The number of para-hydroxylation sites is 1. The van der Waals surface area contributed by atoms with Crippen molar-refractivity contribution in [1.82, 2.24) is 5.32 Å². The number of ether oxygens (including phenoxy) is 2. The molecule has 3 aromatic rings. The normalized spacial score (nSPS) is 14.8. The minimum Gasteiger partial charge on any atom is -0.493 e. The van der Waals surface area contributed by atoms with Gasteiger partial charge in [-0.15, -0.1) is 0 Å². The number of nitrogens with zero attached hydrogens (tertiary/aromatic N) is 1.